The first kappa shape index (κ1) is 19.1. The van der Waals surface area contributed by atoms with E-state index in [0.717, 1.165) is 0 Å². The third-order valence-electron chi connectivity index (χ3n) is 3.07. The topological polar surface area (TPSA) is 124 Å². The summed E-state index contributed by atoms with van der Waals surface area (Å²) in [6, 6.07) is 12.0. The van der Waals surface area contributed by atoms with Gasteiger partial charge in [-0.15, -0.1) is 5.10 Å². The maximum Gasteiger partial charge on any atom is 0.262 e. The number of methoxy groups -OCH3 is 1. The standard InChI is InChI=1S/C17H18ClN5O3/c1-25-15-8-11(9-21-23-17(19)20)6-7-14(15)26-10-16(24)22-13-5-3-2-4-12(13)18/h2-9H,10H2,1H3,(H,22,24)(H4,19,20,23)/b21-9+. The van der Waals surface area contributed by atoms with Crippen LogP contribution in [-0.2, 0) is 4.79 Å². The third kappa shape index (κ3) is 5.67. The number of carbonyl (C=O) groups is 1. The molecule has 8 nitrogen and oxygen atoms in total. The average Bonchev–Trinajstić information content (AvgIpc) is 2.62. The lowest BCUT2D eigenvalue weighted by Crippen LogP contribution is -2.21. The third-order valence-corrected chi connectivity index (χ3v) is 3.40. The van der Waals surface area contributed by atoms with Crippen LogP contribution in [0.1, 0.15) is 5.56 Å². The van der Waals surface area contributed by atoms with Gasteiger partial charge in [0.25, 0.3) is 5.91 Å². The Morgan fingerprint density at radius 2 is 2.00 bits per heavy atom. The molecule has 2 aromatic carbocycles. The van der Waals surface area contributed by atoms with E-state index in [9.17, 15) is 4.79 Å². The van der Waals surface area contributed by atoms with Gasteiger partial charge in [-0.05, 0) is 35.9 Å². The number of anilines is 1. The van der Waals surface area contributed by atoms with E-state index in [4.69, 9.17) is 32.5 Å². The number of nitrogens with zero attached hydrogens (tertiary/aromatic N) is 2. The summed E-state index contributed by atoms with van der Waals surface area (Å²) in [5.41, 5.74) is 11.6. The molecule has 9 heteroatoms. The Bertz CT molecular complexity index is 835. The van der Waals surface area contributed by atoms with Gasteiger partial charge < -0.3 is 26.3 Å². The number of carbonyl (C=O) groups excluding carboxylic acids is 1. The van der Waals surface area contributed by atoms with E-state index in [0.29, 0.717) is 27.8 Å². The monoisotopic (exact) mass is 375 g/mol. The zero-order valence-electron chi connectivity index (χ0n) is 14.0. The molecule has 5 N–H and O–H groups in total. The zero-order chi connectivity index (χ0) is 18.9. The first-order chi connectivity index (χ1) is 12.5. The molecule has 1 amide bonds. The Kier molecular flexibility index (Phi) is 6.81. The molecule has 0 aromatic heterocycles. The quantitative estimate of drug-likeness (QED) is 0.387. The average molecular weight is 376 g/mol. The highest BCUT2D eigenvalue weighted by Crippen LogP contribution is 2.27. The Hall–Kier alpha value is -3.26. The minimum atomic E-state index is -0.349. The molecule has 0 bridgehead atoms. The van der Waals surface area contributed by atoms with Crippen LogP contribution < -0.4 is 26.3 Å². The summed E-state index contributed by atoms with van der Waals surface area (Å²) in [6.07, 6.45) is 1.45. The van der Waals surface area contributed by atoms with Crippen molar-refractivity contribution in [3.05, 3.63) is 53.1 Å². The number of hydrogen-bond acceptors (Lipinski definition) is 5. The molecule has 26 heavy (non-hydrogen) atoms. The fourth-order valence-corrected chi connectivity index (χ4v) is 2.12. The number of amides is 1. The summed E-state index contributed by atoms with van der Waals surface area (Å²) in [4.78, 5) is 12.0. The van der Waals surface area contributed by atoms with Gasteiger partial charge in [0.05, 0.1) is 24.0 Å². The van der Waals surface area contributed by atoms with Gasteiger partial charge in [0.15, 0.2) is 18.1 Å². The van der Waals surface area contributed by atoms with Crippen molar-refractivity contribution in [3.63, 3.8) is 0 Å². The van der Waals surface area contributed by atoms with Gasteiger partial charge in [-0.2, -0.15) is 5.10 Å². The molecule has 0 fully saturated rings. The number of nitrogens with one attached hydrogen (secondary N) is 1. The van der Waals surface area contributed by atoms with Crippen molar-refractivity contribution < 1.29 is 14.3 Å². The summed E-state index contributed by atoms with van der Waals surface area (Å²) in [7, 11) is 1.49. The van der Waals surface area contributed by atoms with Crippen molar-refractivity contribution in [1.82, 2.24) is 0 Å². The van der Waals surface area contributed by atoms with Crippen LogP contribution in [0.15, 0.2) is 52.7 Å². The number of rotatable bonds is 7. The lowest BCUT2D eigenvalue weighted by atomic mass is 10.2. The van der Waals surface area contributed by atoms with E-state index in [1.165, 1.54) is 13.3 Å². The molecule has 0 unspecified atom stereocenters. The summed E-state index contributed by atoms with van der Waals surface area (Å²) >= 11 is 6.00. The van der Waals surface area contributed by atoms with Crippen LogP contribution in [0.4, 0.5) is 5.69 Å². The predicted molar refractivity (Wildman–Crippen MR) is 102 cm³/mol. The number of hydrogen-bond donors (Lipinski definition) is 3. The highest BCUT2D eigenvalue weighted by molar-refractivity contribution is 6.33. The molecule has 0 aliphatic rings. The predicted octanol–water partition coefficient (Wildman–Crippen LogP) is 1.97. The lowest BCUT2D eigenvalue weighted by Gasteiger charge is -2.12. The number of ether oxygens (including phenoxy) is 2. The summed E-state index contributed by atoms with van der Waals surface area (Å²) in [5.74, 6) is 0.348. The fraction of sp³-hybridized carbons (Fsp3) is 0.118. The number of halogens is 1. The highest BCUT2D eigenvalue weighted by atomic mass is 35.5. The van der Waals surface area contributed by atoms with Gasteiger partial charge in [-0.25, -0.2) is 0 Å². The van der Waals surface area contributed by atoms with E-state index >= 15 is 0 Å². The van der Waals surface area contributed by atoms with Crippen LogP contribution in [0.5, 0.6) is 11.5 Å². The van der Waals surface area contributed by atoms with E-state index < -0.39 is 0 Å². The molecule has 2 rings (SSSR count). The first-order valence-electron chi connectivity index (χ1n) is 7.47. The molecule has 136 valence electrons. The summed E-state index contributed by atoms with van der Waals surface area (Å²) in [5, 5.41) is 10.3. The van der Waals surface area contributed by atoms with Gasteiger partial charge in [0.2, 0.25) is 5.96 Å². The van der Waals surface area contributed by atoms with Crippen LogP contribution in [0.3, 0.4) is 0 Å². The van der Waals surface area contributed by atoms with Crippen molar-refractivity contribution in [2.45, 2.75) is 0 Å². The Labute approximate surface area is 155 Å². The molecule has 0 heterocycles. The molecule has 0 saturated carbocycles. The second kappa shape index (κ2) is 9.28. The van der Waals surface area contributed by atoms with Gasteiger partial charge >= 0.3 is 0 Å². The van der Waals surface area contributed by atoms with Crippen LogP contribution >= 0.6 is 11.6 Å². The van der Waals surface area contributed by atoms with E-state index in [2.05, 4.69) is 15.5 Å². The minimum absolute atomic E-state index is 0.141. The molecule has 2 aromatic rings. The van der Waals surface area contributed by atoms with E-state index in [1.807, 2.05) is 0 Å². The molecule has 0 aliphatic carbocycles. The SMILES string of the molecule is COc1cc(/C=N/N=C(N)N)ccc1OCC(=O)Nc1ccccc1Cl. The van der Waals surface area contributed by atoms with E-state index in [1.54, 1.807) is 42.5 Å². The van der Waals surface area contributed by atoms with Crippen molar-refractivity contribution in [2.75, 3.05) is 19.0 Å². The Morgan fingerprint density at radius 3 is 2.69 bits per heavy atom. The molecule has 0 saturated heterocycles. The van der Waals surface area contributed by atoms with Gasteiger partial charge in [-0.1, -0.05) is 23.7 Å². The molecule has 0 spiro atoms. The maximum atomic E-state index is 12.0. The maximum absolute atomic E-state index is 12.0. The molecule has 0 atom stereocenters. The molecular formula is C17H18ClN5O3. The molecule has 0 aliphatic heterocycles. The molecular weight excluding hydrogens is 358 g/mol. The number of para-hydroxylation sites is 1. The first-order valence-corrected chi connectivity index (χ1v) is 7.84. The number of guanidine groups is 1. The fourth-order valence-electron chi connectivity index (χ4n) is 1.94. The lowest BCUT2D eigenvalue weighted by molar-refractivity contribution is -0.118. The van der Waals surface area contributed by atoms with E-state index in [-0.39, 0.29) is 18.5 Å². The smallest absolute Gasteiger partial charge is 0.262 e. The van der Waals surface area contributed by atoms with Gasteiger partial charge in [-0.3, -0.25) is 4.79 Å². The van der Waals surface area contributed by atoms with Gasteiger partial charge in [0, 0.05) is 0 Å². The minimum Gasteiger partial charge on any atom is -0.493 e. The van der Waals surface area contributed by atoms with Crippen molar-refractivity contribution in [3.8, 4) is 11.5 Å². The second-order valence-electron chi connectivity index (χ2n) is 5.00. The van der Waals surface area contributed by atoms with Crippen LogP contribution in [-0.4, -0.2) is 31.8 Å². The van der Waals surface area contributed by atoms with Crippen LogP contribution in [0.25, 0.3) is 0 Å². The molecule has 0 radical (unpaired) electrons. The highest BCUT2D eigenvalue weighted by Gasteiger charge is 2.10. The number of benzene rings is 2. The Balaban J connectivity index is 2.00. The van der Waals surface area contributed by atoms with Crippen molar-refractivity contribution in [1.29, 1.82) is 0 Å². The summed E-state index contributed by atoms with van der Waals surface area (Å²) < 4.78 is 10.8. The second-order valence-corrected chi connectivity index (χ2v) is 5.40. The van der Waals surface area contributed by atoms with Crippen molar-refractivity contribution in [2.24, 2.45) is 21.7 Å². The van der Waals surface area contributed by atoms with Crippen LogP contribution in [0, 0.1) is 0 Å². The summed E-state index contributed by atoms with van der Waals surface area (Å²) in [6.45, 7) is -0.205. The van der Waals surface area contributed by atoms with Crippen molar-refractivity contribution >= 4 is 35.4 Å². The number of nitrogens with two attached hydrogens (primary N) is 2. The van der Waals surface area contributed by atoms with Gasteiger partial charge in [0.1, 0.15) is 0 Å². The normalized spacial score (nSPS) is 10.4. The Morgan fingerprint density at radius 1 is 1.23 bits per heavy atom. The van der Waals surface area contributed by atoms with Crippen LogP contribution in [0.2, 0.25) is 5.02 Å². The largest absolute Gasteiger partial charge is 0.493 e. The zero-order valence-corrected chi connectivity index (χ0v) is 14.7.